The molecule has 0 spiro atoms. The fourth-order valence-corrected chi connectivity index (χ4v) is 3.32. The topological polar surface area (TPSA) is 12.0 Å². The fourth-order valence-electron chi connectivity index (χ4n) is 2.15. The van der Waals surface area contributed by atoms with Crippen LogP contribution in [0.3, 0.4) is 0 Å². The lowest BCUT2D eigenvalue weighted by atomic mass is 10.0. The van der Waals surface area contributed by atoms with E-state index < -0.39 is 0 Å². The van der Waals surface area contributed by atoms with Crippen LogP contribution in [0.1, 0.15) is 18.1 Å². The van der Waals surface area contributed by atoms with Gasteiger partial charge in [-0.1, -0.05) is 36.2 Å². The molecule has 1 atom stereocenters. The fraction of sp³-hybridized carbons (Fsp3) is 0.333. The van der Waals surface area contributed by atoms with Gasteiger partial charge in [-0.2, -0.15) is 11.3 Å². The van der Waals surface area contributed by atoms with E-state index in [4.69, 9.17) is 23.2 Å². The van der Waals surface area contributed by atoms with Crippen molar-refractivity contribution in [2.24, 2.45) is 0 Å². The smallest absolute Gasteiger partial charge is 0.0453 e. The zero-order valence-corrected chi connectivity index (χ0v) is 13.2. The molecule has 4 heteroatoms. The van der Waals surface area contributed by atoms with Crippen molar-refractivity contribution < 1.29 is 0 Å². The van der Waals surface area contributed by atoms with E-state index in [-0.39, 0.29) is 0 Å². The summed E-state index contributed by atoms with van der Waals surface area (Å²) in [6.07, 6.45) is 1.94. The largest absolute Gasteiger partial charge is 0.314 e. The van der Waals surface area contributed by atoms with E-state index in [2.05, 4.69) is 29.1 Å². The first-order valence-electron chi connectivity index (χ1n) is 6.37. The van der Waals surface area contributed by atoms with Gasteiger partial charge in [0, 0.05) is 16.1 Å². The lowest BCUT2D eigenvalue weighted by Crippen LogP contribution is -2.33. The molecule has 2 aromatic rings. The molecule has 19 heavy (non-hydrogen) atoms. The summed E-state index contributed by atoms with van der Waals surface area (Å²) >= 11 is 13.9. The number of hydrogen-bond acceptors (Lipinski definition) is 2. The van der Waals surface area contributed by atoms with Crippen LogP contribution in [0.4, 0.5) is 0 Å². The summed E-state index contributed by atoms with van der Waals surface area (Å²) < 4.78 is 0. The molecule has 0 saturated carbocycles. The minimum atomic E-state index is 0.401. The van der Waals surface area contributed by atoms with Gasteiger partial charge in [0.05, 0.1) is 0 Å². The zero-order chi connectivity index (χ0) is 13.7. The molecule has 1 heterocycles. The normalized spacial score (nSPS) is 12.6. The molecule has 1 unspecified atom stereocenters. The van der Waals surface area contributed by atoms with Gasteiger partial charge in [-0.3, -0.25) is 0 Å². The first kappa shape index (κ1) is 14.9. The van der Waals surface area contributed by atoms with Crippen molar-refractivity contribution in [2.45, 2.75) is 25.8 Å². The van der Waals surface area contributed by atoms with Gasteiger partial charge in [0.15, 0.2) is 0 Å². The van der Waals surface area contributed by atoms with Crippen LogP contribution in [0.25, 0.3) is 0 Å². The summed E-state index contributed by atoms with van der Waals surface area (Å²) in [6, 6.07) is 8.31. The van der Waals surface area contributed by atoms with Crippen LogP contribution >= 0.6 is 34.5 Å². The van der Waals surface area contributed by atoms with Crippen LogP contribution in [0, 0.1) is 0 Å². The molecular weight excluding hydrogens is 297 g/mol. The highest BCUT2D eigenvalue weighted by Gasteiger charge is 2.12. The van der Waals surface area contributed by atoms with E-state index in [0.717, 1.165) is 30.0 Å². The van der Waals surface area contributed by atoms with Crippen LogP contribution in [0.5, 0.6) is 0 Å². The number of halogens is 2. The number of likely N-dealkylation sites (N-methyl/N-ethyl adjacent to an activating group) is 1. The van der Waals surface area contributed by atoms with Crippen molar-refractivity contribution in [3.05, 3.63) is 56.2 Å². The quantitative estimate of drug-likeness (QED) is 0.806. The third-order valence-corrected chi connectivity index (χ3v) is 4.36. The Morgan fingerprint density at radius 1 is 1.21 bits per heavy atom. The second kappa shape index (κ2) is 7.30. The van der Waals surface area contributed by atoms with E-state index in [9.17, 15) is 0 Å². The van der Waals surface area contributed by atoms with Crippen molar-refractivity contribution in [1.82, 2.24) is 5.32 Å². The first-order valence-corrected chi connectivity index (χ1v) is 8.07. The molecule has 0 aliphatic rings. The minimum Gasteiger partial charge on any atom is -0.314 e. The maximum Gasteiger partial charge on any atom is 0.0453 e. The number of benzene rings is 1. The summed E-state index contributed by atoms with van der Waals surface area (Å²) in [7, 11) is 0. The number of rotatable bonds is 6. The third kappa shape index (κ3) is 4.50. The number of thiophene rings is 1. The van der Waals surface area contributed by atoms with Gasteiger partial charge in [0.25, 0.3) is 0 Å². The van der Waals surface area contributed by atoms with Gasteiger partial charge in [-0.15, -0.1) is 0 Å². The van der Waals surface area contributed by atoms with Gasteiger partial charge < -0.3 is 5.32 Å². The molecule has 0 radical (unpaired) electrons. The Kier molecular flexibility index (Phi) is 5.71. The average Bonchev–Trinajstić information content (AvgIpc) is 2.86. The highest BCUT2D eigenvalue weighted by atomic mass is 35.5. The first-order chi connectivity index (χ1) is 9.19. The molecular formula is C15H17Cl2NS. The van der Waals surface area contributed by atoms with E-state index >= 15 is 0 Å². The second-order valence-electron chi connectivity index (χ2n) is 4.53. The molecule has 102 valence electrons. The molecule has 1 nitrogen and oxygen atoms in total. The molecule has 0 saturated heterocycles. The Labute approximate surface area is 128 Å². The molecule has 0 aliphatic heterocycles. The van der Waals surface area contributed by atoms with Crippen molar-refractivity contribution in [3.63, 3.8) is 0 Å². The summed E-state index contributed by atoms with van der Waals surface area (Å²) in [5.74, 6) is 0. The maximum atomic E-state index is 6.25. The van der Waals surface area contributed by atoms with Crippen LogP contribution < -0.4 is 5.32 Å². The number of nitrogens with one attached hydrogen (secondary N) is 1. The van der Waals surface area contributed by atoms with Gasteiger partial charge in [-0.05, 0) is 59.5 Å². The van der Waals surface area contributed by atoms with Gasteiger partial charge >= 0.3 is 0 Å². The zero-order valence-electron chi connectivity index (χ0n) is 10.8. The molecule has 1 aromatic heterocycles. The molecule has 0 amide bonds. The van der Waals surface area contributed by atoms with Gasteiger partial charge in [-0.25, -0.2) is 0 Å². The van der Waals surface area contributed by atoms with E-state index in [1.807, 2.05) is 18.2 Å². The molecule has 0 aliphatic carbocycles. The van der Waals surface area contributed by atoms with Crippen LogP contribution in [-0.2, 0) is 12.8 Å². The lowest BCUT2D eigenvalue weighted by Gasteiger charge is -2.18. The van der Waals surface area contributed by atoms with Crippen molar-refractivity contribution in [1.29, 1.82) is 0 Å². The van der Waals surface area contributed by atoms with Crippen LogP contribution in [0.15, 0.2) is 35.0 Å². The van der Waals surface area contributed by atoms with E-state index in [1.165, 1.54) is 5.56 Å². The molecule has 1 N–H and O–H groups in total. The van der Waals surface area contributed by atoms with E-state index in [1.54, 1.807) is 11.3 Å². The standard InChI is InChI=1S/C15H17Cl2NS/c1-2-18-14(7-11-5-6-19-10-11)8-12-3-4-13(16)9-15(12)17/h3-6,9-10,14,18H,2,7-8H2,1H3. The predicted octanol–water partition coefficient (Wildman–Crippen LogP) is 4.82. The van der Waals surface area contributed by atoms with Gasteiger partial charge in [0.2, 0.25) is 0 Å². The summed E-state index contributed by atoms with van der Waals surface area (Å²) in [5, 5.41) is 9.28. The summed E-state index contributed by atoms with van der Waals surface area (Å²) in [4.78, 5) is 0. The van der Waals surface area contributed by atoms with Crippen molar-refractivity contribution >= 4 is 34.5 Å². The third-order valence-electron chi connectivity index (χ3n) is 3.04. The monoisotopic (exact) mass is 313 g/mol. The van der Waals surface area contributed by atoms with E-state index in [0.29, 0.717) is 11.1 Å². The molecule has 2 rings (SSSR count). The Morgan fingerprint density at radius 2 is 2.05 bits per heavy atom. The maximum absolute atomic E-state index is 6.25. The number of hydrogen-bond donors (Lipinski definition) is 1. The van der Waals surface area contributed by atoms with Crippen molar-refractivity contribution in [2.75, 3.05) is 6.54 Å². The van der Waals surface area contributed by atoms with Gasteiger partial charge in [0.1, 0.15) is 0 Å². The lowest BCUT2D eigenvalue weighted by molar-refractivity contribution is 0.522. The predicted molar refractivity (Wildman–Crippen MR) is 85.7 cm³/mol. The summed E-state index contributed by atoms with van der Waals surface area (Å²) in [6.45, 7) is 3.09. The Bertz CT molecular complexity index is 511. The van der Waals surface area contributed by atoms with Crippen molar-refractivity contribution in [3.8, 4) is 0 Å². The minimum absolute atomic E-state index is 0.401. The highest BCUT2D eigenvalue weighted by Crippen LogP contribution is 2.23. The Balaban J connectivity index is 2.07. The highest BCUT2D eigenvalue weighted by molar-refractivity contribution is 7.07. The Hall–Kier alpha value is -0.540. The average molecular weight is 314 g/mol. The second-order valence-corrected chi connectivity index (χ2v) is 6.15. The molecule has 1 aromatic carbocycles. The molecule has 0 fully saturated rings. The summed E-state index contributed by atoms with van der Waals surface area (Å²) in [5.41, 5.74) is 2.52. The van der Waals surface area contributed by atoms with Crippen LogP contribution in [0.2, 0.25) is 10.0 Å². The Morgan fingerprint density at radius 3 is 2.68 bits per heavy atom. The molecule has 0 bridgehead atoms. The SMILES string of the molecule is CCNC(Cc1ccsc1)Cc1ccc(Cl)cc1Cl. The van der Waals surface area contributed by atoms with Crippen LogP contribution in [-0.4, -0.2) is 12.6 Å².